The number of carbonyl (C=O) groups excluding carboxylic acids is 2. The molecule has 1 aliphatic rings. The molecule has 1 atom stereocenters. The number of aryl methyl sites for hydroxylation is 1. The first-order chi connectivity index (χ1) is 14.6. The Morgan fingerprint density at radius 2 is 1.90 bits per heavy atom. The van der Waals surface area contributed by atoms with Crippen molar-refractivity contribution in [3.05, 3.63) is 65.7 Å². The molecule has 1 amide bonds. The fourth-order valence-corrected chi connectivity index (χ4v) is 4.01. The summed E-state index contributed by atoms with van der Waals surface area (Å²) in [6.45, 7) is 5.25. The highest BCUT2D eigenvalue weighted by molar-refractivity contribution is 6.07. The lowest BCUT2D eigenvalue weighted by Crippen LogP contribution is -2.42. The molecule has 2 aromatic carbocycles. The highest BCUT2D eigenvalue weighted by Gasteiger charge is 2.30. The van der Waals surface area contributed by atoms with Crippen molar-refractivity contribution in [1.82, 2.24) is 9.88 Å². The third-order valence-electron chi connectivity index (χ3n) is 5.62. The van der Waals surface area contributed by atoms with Gasteiger partial charge >= 0.3 is 5.97 Å². The number of benzene rings is 2. The number of piperidine rings is 1. The lowest BCUT2D eigenvalue weighted by molar-refractivity contribution is -0.149. The number of esters is 1. The Kier molecular flexibility index (Phi) is 5.79. The SMILES string of the molecule is CCOC(=O)[C@@H]1CCCN(C(=O)c2cc(-c3ccc(C)cc3)nc3ccccc23)C1. The van der Waals surface area contributed by atoms with E-state index in [1.54, 1.807) is 11.8 Å². The molecule has 0 N–H and O–H groups in total. The summed E-state index contributed by atoms with van der Waals surface area (Å²) in [4.78, 5) is 32.3. The second-order valence-corrected chi connectivity index (χ2v) is 7.78. The minimum Gasteiger partial charge on any atom is -0.466 e. The van der Waals surface area contributed by atoms with Gasteiger partial charge in [0.15, 0.2) is 0 Å². The number of aromatic nitrogens is 1. The van der Waals surface area contributed by atoms with Crippen LogP contribution in [0.15, 0.2) is 54.6 Å². The van der Waals surface area contributed by atoms with Gasteiger partial charge in [-0.15, -0.1) is 0 Å². The van der Waals surface area contributed by atoms with E-state index in [0.717, 1.165) is 35.0 Å². The molecular weight excluding hydrogens is 376 g/mol. The molecule has 2 heterocycles. The van der Waals surface area contributed by atoms with Crippen LogP contribution in [0, 0.1) is 12.8 Å². The summed E-state index contributed by atoms with van der Waals surface area (Å²) in [5, 5.41) is 0.830. The minimum atomic E-state index is -0.257. The highest BCUT2D eigenvalue weighted by Crippen LogP contribution is 2.28. The largest absolute Gasteiger partial charge is 0.466 e. The van der Waals surface area contributed by atoms with E-state index in [9.17, 15) is 9.59 Å². The van der Waals surface area contributed by atoms with Gasteiger partial charge in [-0.2, -0.15) is 0 Å². The first kappa shape index (κ1) is 20.1. The van der Waals surface area contributed by atoms with E-state index in [0.29, 0.717) is 25.3 Å². The number of para-hydroxylation sites is 1. The normalized spacial score (nSPS) is 16.5. The van der Waals surface area contributed by atoms with E-state index in [2.05, 4.69) is 0 Å². The monoisotopic (exact) mass is 402 g/mol. The van der Waals surface area contributed by atoms with Crippen LogP contribution in [0.3, 0.4) is 0 Å². The number of fused-ring (bicyclic) bond motifs is 1. The van der Waals surface area contributed by atoms with Gasteiger partial charge < -0.3 is 9.64 Å². The average Bonchev–Trinajstić information content (AvgIpc) is 2.78. The Morgan fingerprint density at radius 1 is 1.13 bits per heavy atom. The van der Waals surface area contributed by atoms with Crippen LogP contribution in [0.2, 0.25) is 0 Å². The lowest BCUT2D eigenvalue weighted by atomic mass is 9.96. The van der Waals surface area contributed by atoms with Gasteiger partial charge in [0.05, 0.1) is 29.3 Å². The molecule has 0 aliphatic carbocycles. The number of pyridine rings is 1. The van der Waals surface area contributed by atoms with Gasteiger partial charge in [-0.25, -0.2) is 4.98 Å². The van der Waals surface area contributed by atoms with Crippen molar-refractivity contribution in [2.75, 3.05) is 19.7 Å². The van der Waals surface area contributed by atoms with Gasteiger partial charge in [-0.3, -0.25) is 9.59 Å². The molecule has 5 nitrogen and oxygen atoms in total. The first-order valence-electron chi connectivity index (χ1n) is 10.5. The maximum absolute atomic E-state index is 13.5. The van der Waals surface area contributed by atoms with Crippen molar-refractivity contribution >= 4 is 22.8 Å². The van der Waals surface area contributed by atoms with E-state index in [1.165, 1.54) is 5.56 Å². The average molecular weight is 402 g/mol. The molecule has 1 saturated heterocycles. The number of hydrogen-bond acceptors (Lipinski definition) is 4. The van der Waals surface area contributed by atoms with Crippen LogP contribution in [0.1, 0.15) is 35.7 Å². The zero-order valence-electron chi connectivity index (χ0n) is 17.4. The molecule has 0 spiro atoms. The van der Waals surface area contributed by atoms with Crippen LogP contribution < -0.4 is 0 Å². The van der Waals surface area contributed by atoms with Crippen molar-refractivity contribution in [2.24, 2.45) is 5.92 Å². The summed E-state index contributed by atoms with van der Waals surface area (Å²) >= 11 is 0. The van der Waals surface area contributed by atoms with E-state index >= 15 is 0 Å². The lowest BCUT2D eigenvalue weighted by Gasteiger charge is -2.32. The molecule has 5 heteroatoms. The third kappa shape index (κ3) is 4.06. The highest BCUT2D eigenvalue weighted by atomic mass is 16.5. The number of carbonyl (C=O) groups is 2. The number of nitrogens with zero attached hydrogens (tertiary/aromatic N) is 2. The van der Waals surface area contributed by atoms with Crippen LogP contribution in [-0.4, -0.2) is 41.5 Å². The Hall–Kier alpha value is -3.21. The number of rotatable bonds is 4. The quantitative estimate of drug-likeness (QED) is 0.597. The van der Waals surface area contributed by atoms with Crippen LogP contribution >= 0.6 is 0 Å². The fraction of sp³-hybridized carbons (Fsp3) is 0.320. The summed E-state index contributed by atoms with van der Waals surface area (Å²) in [7, 11) is 0. The van der Waals surface area contributed by atoms with Crippen LogP contribution in [0.4, 0.5) is 0 Å². The molecule has 1 fully saturated rings. The van der Waals surface area contributed by atoms with Crippen molar-refractivity contribution in [3.63, 3.8) is 0 Å². The van der Waals surface area contributed by atoms with Crippen LogP contribution in [0.5, 0.6) is 0 Å². The number of amides is 1. The van der Waals surface area contributed by atoms with Crippen molar-refractivity contribution < 1.29 is 14.3 Å². The van der Waals surface area contributed by atoms with Crippen molar-refractivity contribution in [3.8, 4) is 11.3 Å². The standard InChI is InChI=1S/C25H26N2O3/c1-3-30-25(29)19-7-6-14-27(16-19)24(28)21-15-23(18-12-10-17(2)11-13-18)26-22-9-5-4-8-20(21)22/h4-5,8-13,15,19H,3,6-7,14,16H2,1-2H3/t19-/m1/s1. The second-order valence-electron chi connectivity index (χ2n) is 7.78. The van der Waals surface area contributed by atoms with Crippen LogP contribution in [0.25, 0.3) is 22.2 Å². The Morgan fingerprint density at radius 3 is 2.67 bits per heavy atom. The summed E-state index contributed by atoms with van der Waals surface area (Å²) in [6.07, 6.45) is 1.55. The number of hydrogen-bond donors (Lipinski definition) is 0. The van der Waals surface area contributed by atoms with E-state index < -0.39 is 0 Å². The van der Waals surface area contributed by atoms with Gasteiger partial charge in [-0.1, -0.05) is 48.0 Å². The van der Waals surface area contributed by atoms with Gasteiger partial charge in [0.2, 0.25) is 0 Å². The Labute approximate surface area is 176 Å². The fourth-order valence-electron chi connectivity index (χ4n) is 4.01. The van der Waals surface area contributed by atoms with Crippen molar-refractivity contribution in [1.29, 1.82) is 0 Å². The second kappa shape index (κ2) is 8.66. The topological polar surface area (TPSA) is 59.5 Å². The van der Waals surface area contributed by atoms with Gasteiger partial charge in [-0.05, 0) is 38.8 Å². The zero-order valence-corrected chi connectivity index (χ0v) is 17.4. The third-order valence-corrected chi connectivity index (χ3v) is 5.62. The molecular formula is C25H26N2O3. The molecule has 0 saturated carbocycles. The van der Waals surface area contributed by atoms with Gasteiger partial charge in [0.25, 0.3) is 5.91 Å². The van der Waals surface area contributed by atoms with Crippen LogP contribution in [-0.2, 0) is 9.53 Å². The maximum atomic E-state index is 13.5. The van der Waals surface area contributed by atoms with E-state index in [-0.39, 0.29) is 17.8 Å². The van der Waals surface area contributed by atoms with Gasteiger partial charge in [0.1, 0.15) is 0 Å². The molecule has 1 aliphatic heterocycles. The van der Waals surface area contributed by atoms with Gasteiger partial charge in [0, 0.05) is 24.0 Å². The van der Waals surface area contributed by atoms with E-state index in [1.807, 2.05) is 61.5 Å². The molecule has 0 bridgehead atoms. The summed E-state index contributed by atoms with van der Waals surface area (Å²) in [5.74, 6) is -0.529. The Balaban J connectivity index is 1.71. The first-order valence-corrected chi connectivity index (χ1v) is 10.5. The smallest absolute Gasteiger partial charge is 0.310 e. The molecule has 3 aromatic rings. The molecule has 154 valence electrons. The number of ether oxygens (including phenoxy) is 1. The predicted molar refractivity (Wildman–Crippen MR) is 117 cm³/mol. The maximum Gasteiger partial charge on any atom is 0.310 e. The summed E-state index contributed by atoms with van der Waals surface area (Å²) in [5.41, 5.74) is 4.34. The summed E-state index contributed by atoms with van der Waals surface area (Å²) in [6, 6.07) is 17.7. The molecule has 0 unspecified atom stereocenters. The molecule has 30 heavy (non-hydrogen) atoms. The zero-order chi connectivity index (χ0) is 21.1. The Bertz CT molecular complexity index is 1080. The number of likely N-dealkylation sites (tertiary alicyclic amines) is 1. The van der Waals surface area contributed by atoms with Crippen molar-refractivity contribution in [2.45, 2.75) is 26.7 Å². The molecule has 1 aromatic heterocycles. The summed E-state index contributed by atoms with van der Waals surface area (Å²) < 4.78 is 5.19. The molecule has 4 rings (SSSR count). The predicted octanol–water partition coefficient (Wildman–Crippen LogP) is 4.63. The van der Waals surface area contributed by atoms with E-state index in [4.69, 9.17) is 9.72 Å². The molecule has 0 radical (unpaired) electrons. The minimum absolute atomic E-state index is 0.0593.